The van der Waals surface area contributed by atoms with Crippen molar-refractivity contribution in [1.29, 1.82) is 0 Å². The Labute approximate surface area is 145 Å². The van der Waals surface area contributed by atoms with Crippen LogP contribution in [0.1, 0.15) is 10.4 Å². The van der Waals surface area contributed by atoms with Crippen LogP contribution in [0.5, 0.6) is 5.75 Å². The summed E-state index contributed by atoms with van der Waals surface area (Å²) in [7, 11) is 0.224. The summed E-state index contributed by atoms with van der Waals surface area (Å²) in [6, 6.07) is 16.7. The Morgan fingerprint density at radius 1 is 0.840 bits per heavy atom. The van der Waals surface area contributed by atoms with Gasteiger partial charge < -0.3 is 4.74 Å². The third kappa shape index (κ3) is 11.6. The number of esters is 1. The van der Waals surface area contributed by atoms with Crippen molar-refractivity contribution in [1.82, 2.24) is 0 Å². The molecule has 0 bridgehead atoms. The van der Waals surface area contributed by atoms with E-state index in [1.165, 1.54) is 4.90 Å². The average Bonchev–Trinajstić information content (AvgIpc) is 2.45. The van der Waals surface area contributed by atoms with Crippen LogP contribution in [0.15, 0.2) is 59.5 Å². The number of carbonyl (C=O) groups is 1. The van der Waals surface area contributed by atoms with E-state index in [-0.39, 0.29) is 16.9 Å². The second kappa shape index (κ2) is 6.96. The molecule has 0 aliphatic rings. The summed E-state index contributed by atoms with van der Waals surface area (Å²) in [5.41, 5.74) is 0.562. The summed E-state index contributed by atoms with van der Waals surface area (Å²) >= 11 is -11.1. The quantitative estimate of drug-likeness (QED) is 0.210. The van der Waals surface area contributed by atoms with Gasteiger partial charge in [-0.2, -0.15) is 0 Å². The molecule has 0 fully saturated rings. The summed E-state index contributed by atoms with van der Waals surface area (Å²) in [5, 5.41) is 0. The molecule has 0 spiro atoms. The Morgan fingerprint density at radius 3 is 1.68 bits per heavy atom. The maximum absolute atomic E-state index is 11.8. The van der Waals surface area contributed by atoms with E-state index in [1.807, 2.05) is 42.5 Å². The van der Waals surface area contributed by atoms with Gasteiger partial charge in [-0.05, 0) is 36.4 Å². The van der Waals surface area contributed by atoms with Crippen molar-refractivity contribution in [2.24, 2.45) is 0 Å². The van der Waals surface area contributed by atoms with Gasteiger partial charge in [-0.3, -0.25) is 0 Å². The summed E-state index contributed by atoms with van der Waals surface area (Å²) in [6.07, 6.45) is 4.32. The zero-order valence-corrected chi connectivity index (χ0v) is 15.8. The second-order valence-electron chi connectivity index (χ2n) is 5.00. The molecule has 0 atom stereocenters. The minimum absolute atomic E-state index is 0.224. The van der Waals surface area contributed by atoms with E-state index in [1.54, 1.807) is 12.1 Å². The molecule has 0 radical (unpaired) electrons. The van der Waals surface area contributed by atoms with E-state index in [0.717, 1.165) is 0 Å². The molecule has 0 unspecified atom stereocenters. The summed E-state index contributed by atoms with van der Waals surface area (Å²) in [5.74, 6) is 0.258. The molecule has 2 nitrogen and oxygen atoms in total. The Morgan fingerprint density at radius 2 is 1.28 bits per heavy atom. The van der Waals surface area contributed by atoms with Crippen molar-refractivity contribution in [2.75, 3.05) is 12.5 Å². The van der Waals surface area contributed by atoms with Gasteiger partial charge in [0, 0.05) is 10.9 Å². The van der Waals surface area contributed by atoms with Crippen LogP contribution in [-0.2, 0) is 10.9 Å². The van der Waals surface area contributed by atoms with Crippen LogP contribution in [-0.4, -0.2) is 32.7 Å². The van der Waals surface area contributed by atoms with Crippen molar-refractivity contribution in [2.45, 2.75) is 4.90 Å². The summed E-state index contributed by atoms with van der Waals surface area (Å²) < 4.78 is 64.7. The van der Waals surface area contributed by atoms with Crippen LogP contribution in [0.3, 0.4) is 0 Å². The van der Waals surface area contributed by atoms with Crippen molar-refractivity contribution in [3.05, 3.63) is 60.2 Å². The van der Waals surface area contributed by atoms with Crippen LogP contribution in [0.2, 0.25) is 0 Å². The third-order valence-corrected chi connectivity index (χ3v) is 3.73. The first-order valence-electron chi connectivity index (χ1n) is 6.63. The number of hydrogen-bond acceptors (Lipinski definition) is 2. The number of halogens is 6. The van der Waals surface area contributed by atoms with Crippen LogP contribution in [0, 0.1) is 0 Å². The van der Waals surface area contributed by atoms with Crippen LogP contribution >= 0.6 is 0 Å². The van der Waals surface area contributed by atoms with Crippen molar-refractivity contribution < 1.29 is 30.3 Å². The normalized spacial score (nSPS) is 14.0. The fraction of sp³-hybridized carbons (Fsp3) is 0.133. The van der Waals surface area contributed by atoms with E-state index in [2.05, 4.69) is 12.5 Å². The van der Waals surface area contributed by atoms with Gasteiger partial charge in [-0.1, -0.05) is 18.2 Å². The molecule has 0 heterocycles. The van der Waals surface area contributed by atoms with Crippen LogP contribution < -0.4 is 4.74 Å². The molecular weight excluding hydrogens is 433 g/mol. The molecular formula is C15H15AsF6O2S. The van der Waals surface area contributed by atoms with E-state index < -0.39 is 14.2 Å². The first-order chi connectivity index (χ1) is 11.1. The summed E-state index contributed by atoms with van der Waals surface area (Å²) in [4.78, 5) is 13.1. The number of hydrogen-bond donors (Lipinski definition) is 0. The molecule has 0 saturated carbocycles. The second-order valence-corrected chi connectivity index (χ2v) is 11.1. The Hall–Kier alpha value is -1.60. The molecule has 2 aromatic rings. The van der Waals surface area contributed by atoms with Gasteiger partial charge >= 0.3 is 40.9 Å². The van der Waals surface area contributed by atoms with Crippen molar-refractivity contribution in [3.8, 4) is 5.75 Å². The Bertz CT molecular complexity index is 704. The molecule has 2 rings (SSSR count). The molecule has 0 amide bonds. The van der Waals surface area contributed by atoms with Gasteiger partial charge in [0.1, 0.15) is 18.3 Å². The van der Waals surface area contributed by atoms with Crippen LogP contribution in [0.4, 0.5) is 20.8 Å². The molecule has 0 aliphatic carbocycles. The molecule has 0 N–H and O–H groups in total. The first-order valence-corrected chi connectivity index (χ1v) is 12.9. The van der Waals surface area contributed by atoms with Gasteiger partial charge in [0.2, 0.25) is 0 Å². The molecule has 25 heavy (non-hydrogen) atoms. The predicted octanol–water partition coefficient (Wildman–Crippen LogP) is 5.28. The predicted molar refractivity (Wildman–Crippen MR) is 87.7 cm³/mol. The van der Waals surface area contributed by atoms with Gasteiger partial charge in [0.15, 0.2) is 4.90 Å². The monoisotopic (exact) mass is 448 g/mol. The fourth-order valence-electron chi connectivity index (χ4n) is 1.52. The fourth-order valence-corrected chi connectivity index (χ4v) is 2.20. The first kappa shape index (κ1) is 21.4. The van der Waals surface area contributed by atoms with Gasteiger partial charge in [-0.15, -0.1) is 0 Å². The molecule has 2 aromatic carbocycles. The zero-order chi connectivity index (χ0) is 19.4. The number of rotatable bonds is 3. The van der Waals surface area contributed by atoms with Gasteiger partial charge in [0.05, 0.1) is 5.56 Å². The Balaban J connectivity index is 0.000000381. The number of ether oxygens (including phenoxy) is 1. The van der Waals surface area contributed by atoms with E-state index in [9.17, 15) is 25.6 Å². The molecule has 0 saturated heterocycles. The minimum atomic E-state index is -11.1. The topological polar surface area (TPSA) is 26.3 Å². The van der Waals surface area contributed by atoms with E-state index in [4.69, 9.17) is 4.74 Å². The van der Waals surface area contributed by atoms with Gasteiger partial charge in [0.25, 0.3) is 0 Å². The summed E-state index contributed by atoms with van der Waals surface area (Å²) in [6.45, 7) is 0. The number of benzene rings is 2. The van der Waals surface area contributed by atoms with E-state index >= 15 is 0 Å². The van der Waals surface area contributed by atoms with Crippen LogP contribution in [0.25, 0.3) is 0 Å². The Kier molecular flexibility index (Phi) is 5.97. The number of carbonyl (C=O) groups excluding carboxylic acids is 1. The molecule has 0 aliphatic heterocycles. The molecule has 0 aromatic heterocycles. The van der Waals surface area contributed by atoms with E-state index in [0.29, 0.717) is 11.3 Å². The SMILES string of the molecule is C[S+](C)c1ccc(OC(=O)c2ccccc2)cc1.F[As-](F)(F)(F)(F)F. The van der Waals surface area contributed by atoms with Gasteiger partial charge in [-0.25, -0.2) is 4.79 Å². The van der Waals surface area contributed by atoms with Crippen molar-refractivity contribution >= 4 is 31.0 Å². The standard InChI is InChI=1S/C15H15O2S.AsF6/c1-18(2)14-10-8-13(9-11-14)17-15(16)12-6-4-3-5-7-12;2-1(3,4,5,6)7/h3-11H,1-2H3;/q+1;-1. The maximum atomic E-state index is 11.8. The zero-order valence-electron chi connectivity index (χ0n) is 13.1. The third-order valence-electron chi connectivity index (χ3n) is 2.52. The average molecular weight is 448 g/mol. The van der Waals surface area contributed by atoms with Crippen molar-refractivity contribution in [3.63, 3.8) is 0 Å². The molecule has 140 valence electrons. The molecule has 10 heteroatoms.